The van der Waals surface area contributed by atoms with E-state index in [-0.39, 0.29) is 29.7 Å². The third-order valence-electron chi connectivity index (χ3n) is 3.97. The lowest BCUT2D eigenvalue weighted by atomic mass is 10.2. The minimum absolute atomic E-state index is 0.0749. The van der Waals surface area contributed by atoms with E-state index in [1.54, 1.807) is 42.3 Å². The second-order valence-corrected chi connectivity index (χ2v) is 8.40. The number of methoxy groups -OCH3 is 2. The number of hydrogen-bond acceptors (Lipinski definition) is 7. The van der Waals surface area contributed by atoms with Crippen LogP contribution < -0.4 is 8.92 Å². The van der Waals surface area contributed by atoms with Crippen LogP contribution in [-0.2, 0) is 21.4 Å². The minimum Gasteiger partial charge on any atom is -0.493 e. The van der Waals surface area contributed by atoms with Crippen molar-refractivity contribution >= 4 is 16.0 Å². The number of carbonyl (C=O) groups is 1. The third kappa shape index (κ3) is 5.49. The Hall–Kier alpha value is -2.52. The van der Waals surface area contributed by atoms with Crippen LogP contribution in [0.4, 0.5) is 0 Å². The first-order valence-corrected chi connectivity index (χ1v) is 10.2. The quantitative estimate of drug-likeness (QED) is 0.555. The van der Waals surface area contributed by atoms with E-state index in [0.717, 1.165) is 0 Å². The van der Waals surface area contributed by atoms with Gasteiger partial charge in [-0.05, 0) is 43.7 Å². The highest BCUT2D eigenvalue weighted by Gasteiger charge is 2.22. The standard InChI is InChI=1S/C19H25NO7S/c1-14(2)28(22,23)27-18-12-15(7-8-16(18)25-4)13-20(9-11-24-3)19(21)17-6-5-10-26-17/h5-8,10,12,14H,9,11,13H2,1-4H3. The monoisotopic (exact) mass is 411 g/mol. The molecule has 2 aromatic rings. The number of furan rings is 1. The van der Waals surface area contributed by atoms with Crippen molar-refractivity contribution in [2.45, 2.75) is 25.6 Å². The van der Waals surface area contributed by atoms with Gasteiger partial charge in [0.15, 0.2) is 17.3 Å². The molecule has 0 spiro atoms. The molecule has 1 heterocycles. The van der Waals surface area contributed by atoms with Crippen molar-refractivity contribution in [3.05, 3.63) is 47.9 Å². The molecule has 0 unspecified atom stereocenters. The lowest BCUT2D eigenvalue weighted by molar-refractivity contribution is 0.0649. The lowest BCUT2D eigenvalue weighted by Crippen LogP contribution is -2.33. The SMILES string of the molecule is COCCN(Cc1ccc(OC)c(OS(=O)(=O)C(C)C)c1)C(=O)c1ccco1. The summed E-state index contributed by atoms with van der Waals surface area (Å²) in [5.41, 5.74) is 0.672. The van der Waals surface area contributed by atoms with E-state index in [0.29, 0.717) is 18.7 Å². The summed E-state index contributed by atoms with van der Waals surface area (Å²) in [4.78, 5) is 14.2. The van der Waals surface area contributed by atoms with Gasteiger partial charge < -0.3 is 23.0 Å². The molecular weight excluding hydrogens is 386 g/mol. The van der Waals surface area contributed by atoms with Crippen LogP contribution in [-0.4, -0.2) is 51.8 Å². The topological polar surface area (TPSA) is 95.3 Å². The fourth-order valence-electron chi connectivity index (χ4n) is 2.34. The van der Waals surface area contributed by atoms with Crippen LogP contribution in [0.5, 0.6) is 11.5 Å². The van der Waals surface area contributed by atoms with Gasteiger partial charge in [0, 0.05) is 20.2 Å². The van der Waals surface area contributed by atoms with Gasteiger partial charge in [-0.2, -0.15) is 8.42 Å². The predicted octanol–water partition coefficient (Wildman–Crippen LogP) is 2.69. The van der Waals surface area contributed by atoms with E-state index < -0.39 is 15.4 Å². The van der Waals surface area contributed by atoms with Crippen molar-refractivity contribution in [1.29, 1.82) is 0 Å². The molecule has 1 aromatic carbocycles. The third-order valence-corrected chi connectivity index (χ3v) is 5.54. The van der Waals surface area contributed by atoms with Crippen LogP contribution in [0, 0.1) is 0 Å². The number of carbonyl (C=O) groups excluding carboxylic acids is 1. The van der Waals surface area contributed by atoms with Crippen LogP contribution in [0.1, 0.15) is 30.0 Å². The van der Waals surface area contributed by atoms with Crippen molar-refractivity contribution in [3.63, 3.8) is 0 Å². The number of amides is 1. The van der Waals surface area contributed by atoms with Crippen molar-refractivity contribution in [1.82, 2.24) is 4.90 Å². The van der Waals surface area contributed by atoms with Gasteiger partial charge in [0.25, 0.3) is 5.91 Å². The van der Waals surface area contributed by atoms with Crippen LogP contribution in [0.2, 0.25) is 0 Å². The Morgan fingerprint density at radius 3 is 2.50 bits per heavy atom. The Bertz CT molecular complexity index is 876. The molecule has 0 bridgehead atoms. The van der Waals surface area contributed by atoms with E-state index in [2.05, 4.69) is 0 Å². The van der Waals surface area contributed by atoms with Crippen LogP contribution >= 0.6 is 0 Å². The van der Waals surface area contributed by atoms with Gasteiger partial charge in [-0.1, -0.05) is 6.07 Å². The molecule has 28 heavy (non-hydrogen) atoms. The molecule has 0 aliphatic heterocycles. The average molecular weight is 411 g/mol. The summed E-state index contributed by atoms with van der Waals surface area (Å²) in [7, 11) is -0.818. The Labute approximate surface area is 165 Å². The zero-order valence-electron chi connectivity index (χ0n) is 16.4. The number of nitrogens with zero attached hydrogens (tertiary/aromatic N) is 1. The maximum atomic E-state index is 12.7. The number of hydrogen-bond donors (Lipinski definition) is 0. The highest BCUT2D eigenvalue weighted by atomic mass is 32.2. The molecule has 0 aliphatic carbocycles. The van der Waals surface area contributed by atoms with Gasteiger partial charge >= 0.3 is 10.1 Å². The lowest BCUT2D eigenvalue weighted by Gasteiger charge is -2.22. The fourth-order valence-corrected chi connectivity index (χ4v) is 2.91. The molecular formula is C19H25NO7S. The molecule has 1 aromatic heterocycles. The molecule has 154 valence electrons. The summed E-state index contributed by atoms with van der Waals surface area (Å²) in [6.45, 7) is 3.95. The predicted molar refractivity (Wildman–Crippen MR) is 103 cm³/mol. The van der Waals surface area contributed by atoms with Crippen molar-refractivity contribution < 1.29 is 31.3 Å². The summed E-state index contributed by atoms with van der Waals surface area (Å²) in [6, 6.07) is 8.11. The molecule has 0 saturated carbocycles. The highest BCUT2D eigenvalue weighted by Crippen LogP contribution is 2.30. The van der Waals surface area contributed by atoms with Crippen molar-refractivity contribution in [3.8, 4) is 11.5 Å². The first-order valence-electron chi connectivity index (χ1n) is 8.70. The van der Waals surface area contributed by atoms with Crippen molar-refractivity contribution in [2.24, 2.45) is 0 Å². The maximum Gasteiger partial charge on any atom is 0.311 e. The van der Waals surface area contributed by atoms with Gasteiger partial charge in [-0.3, -0.25) is 4.79 Å². The summed E-state index contributed by atoms with van der Waals surface area (Å²) in [5.74, 6) is 0.276. The molecule has 0 atom stereocenters. The Morgan fingerprint density at radius 1 is 1.18 bits per heavy atom. The first kappa shape index (κ1) is 21.8. The Balaban J connectivity index is 2.29. The first-order chi connectivity index (χ1) is 13.3. The van der Waals surface area contributed by atoms with Gasteiger partial charge in [-0.25, -0.2) is 0 Å². The maximum absolute atomic E-state index is 12.7. The van der Waals surface area contributed by atoms with Crippen LogP contribution in [0.25, 0.3) is 0 Å². The average Bonchev–Trinajstić information content (AvgIpc) is 3.19. The van der Waals surface area contributed by atoms with Gasteiger partial charge in [-0.15, -0.1) is 0 Å². The Morgan fingerprint density at radius 2 is 1.93 bits per heavy atom. The van der Waals surface area contributed by atoms with Crippen molar-refractivity contribution in [2.75, 3.05) is 27.4 Å². The molecule has 0 N–H and O–H groups in total. The van der Waals surface area contributed by atoms with E-state index in [9.17, 15) is 13.2 Å². The van der Waals surface area contributed by atoms with Gasteiger partial charge in [0.05, 0.1) is 25.2 Å². The zero-order valence-corrected chi connectivity index (χ0v) is 17.2. The zero-order chi connectivity index (χ0) is 20.7. The smallest absolute Gasteiger partial charge is 0.311 e. The van der Waals surface area contributed by atoms with Crippen LogP contribution in [0.15, 0.2) is 41.0 Å². The molecule has 0 fully saturated rings. The number of benzene rings is 1. The largest absolute Gasteiger partial charge is 0.493 e. The summed E-state index contributed by atoms with van der Waals surface area (Å²) in [5, 5.41) is -0.709. The van der Waals surface area contributed by atoms with E-state index >= 15 is 0 Å². The Kier molecular flexibility index (Phi) is 7.47. The van der Waals surface area contributed by atoms with Gasteiger partial charge in [0.1, 0.15) is 0 Å². The molecule has 0 saturated heterocycles. The molecule has 2 rings (SSSR count). The van der Waals surface area contributed by atoms with Gasteiger partial charge in [0.2, 0.25) is 0 Å². The number of ether oxygens (including phenoxy) is 2. The minimum atomic E-state index is -3.79. The summed E-state index contributed by atoms with van der Waals surface area (Å²) < 4.78 is 45.0. The molecule has 0 aliphatic rings. The molecule has 8 nitrogen and oxygen atoms in total. The fraction of sp³-hybridized carbons (Fsp3) is 0.421. The number of rotatable bonds is 10. The normalized spacial score (nSPS) is 11.5. The second kappa shape index (κ2) is 9.61. The highest BCUT2D eigenvalue weighted by molar-refractivity contribution is 7.87. The summed E-state index contributed by atoms with van der Waals surface area (Å²) in [6.07, 6.45) is 1.43. The molecule has 9 heteroatoms. The summed E-state index contributed by atoms with van der Waals surface area (Å²) >= 11 is 0. The second-order valence-electron chi connectivity index (χ2n) is 6.31. The van der Waals surface area contributed by atoms with Crippen LogP contribution in [0.3, 0.4) is 0 Å². The van der Waals surface area contributed by atoms with E-state index in [1.807, 2.05) is 0 Å². The molecule has 1 amide bonds. The van der Waals surface area contributed by atoms with E-state index in [1.165, 1.54) is 27.2 Å². The van der Waals surface area contributed by atoms with E-state index in [4.69, 9.17) is 18.1 Å². The molecule has 0 radical (unpaired) electrons.